The summed E-state index contributed by atoms with van der Waals surface area (Å²) >= 11 is 2.00. The predicted molar refractivity (Wildman–Crippen MR) is 137 cm³/mol. The number of halogens is 1. The van der Waals surface area contributed by atoms with Crippen LogP contribution in [0.5, 0.6) is 0 Å². The van der Waals surface area contributed by atoms with E-state index in [2.05, 4.69) is 10.6 Å². The third-order valence-electron chi connectivity index (χ3n) is 5.37. The molecule has 0 saturated heterocycles. The average Bonchev–Trinajstić information content (AvgIpc) is 2.84. The number of hydrogen-bond acceptors (Lipinski definition) is 11. The lowest BCUT2D eigenvalue weighted by atomic mass is 9.94. The summed E-state index contributed by atoms with van der Waals surface area (Å²) < 4.78 is 0.556. The number of ketones is 1. The molecular weight excluding hydrogens is 577 g/mol. The lowest BCUT2D eigenvalue weighted by Crippen LogP contribution is -2.47. The van der Waals surface area contributed by atoms with Gasteiger partial charge in [0.25, 0.3) is 0 Å². The maximum absolute atomic E-state index is 13.2. The van der Waals surface area contributed by atoms with E-state index in [0.29, 0.717) is 15.6 Å². The monoisotopic (exact) mass is 619 g/mol. The van der Waals surface area contributed by atoms with Crippen molar-refractivity contribution in [3.63, 3.8) is 0 Å². The summed E-state index contributed by atoms with van der Waals surface area (Å²) in [6, 6.07) is -0.495. The summed E-state index contributed by atoms with van der Waals surface area (Å²) in [5.74, 6) is -1.44. The van der Waals surface area contributed by atoms with Crippen LogP contribution in [0.15, 0.2) is 9.15 Å². The first kappa shape index (κ1) is 34.2. The van der Waals surface area contributed by atoms with Crippen molar-refractivity contribution in [2.75, 3.05) is 46.0 Å². The molecule has 9 N–H and O–H groups in total. The number of aliphatic hydroxyl groups is 7. The van der Waals surface area contributed by atoms with E-state index in [0.717, 1.165) is 0 Å². The van der Waals surface area contributed by atoms with Crippen LogP contribution in [0.3, 0.4) is 0 Å². The maximum Gasteiger partial charge on any atom is 0.223 e. The smallest absolute Gasteiger partial charge is 0.223 e. The van der Waals surface area contributed by atoms with Crippen molar-refractivity contribution in [3.05, 3.63) is 9.15 Å². The second kappa shape index (κ2) is 18.5. The van der Waals surface area contributed by atoms with Crippen LogP contribution in [0.1, 0.15) is 33.6 Å². The Balaban J connectivity index is 5.97. The molecule has 0 aromatic rings. The Bertz CT molecular complexity index is 666. The van der Waals surface area contributed by atoms with E-state index in [4.69, 9.17) is 10.2 Å². The molecule has 0 radical (unpaired) electrons. The average molecular weight is 619 g/mol. The Morgan fingerprint density at radius 2 is 1.46 bits per heavy atom. The topological polar surface area (TPSA) is 203 Å². The second-order valence-electron chi connectivity index (χ2n) is 8.49. The number of nitrogens with one attached hydrogen (secondary N) is 2. The first-order valence-corrected chi connectivity index (χ1v) is 12.7. The Hall–Kier alpha value is -0.750. The maximum atomic E-state index is 13.2. The van der Waals surface area contributed by atoms with Crippen molar-refractivity contribution in [1.29, 1.82) is 0 Å². The molecule has 0 heterocycles. The lowest BCUT2D eigenvalue weighted by molar-refractivity contribution is -0.125. The van der Waals surface area contributed by atoms with Gasteiger partial charge >= 0.3 is 0 Å². The molecule has 206 valence electrons. The van der Waals surface area contributed by atoms with Gasteiger partial charge in [-0.25, -0.2) is 0 Å². The van der Waals surface area contributed by atoms with Gasteiger partial charge in [0, 0.05) is 40.7 Å². The molecule has 0 aromatic carbocycles. The van der Waals surface area contributed by atoms with Crippen LogP contribution in [-0.2, 0) is 9.59 Å². The minimum Gasteiger partial charge on any atom is -0.394 e. The standard InChI is InChI=1S/C22H42IN3O9/c1-4-19(26(14(3)30)9-17(33)12-29)21(23)18(20(34)8-24-6-15(31)10-27)5-13(2)22(35)25-7-16(32)11-28/h13-17,19,24,27-33H,4-12H2,1-3H3,(H,25,35)/b21-18-/t13-,14?,15-,16+,17?,19?/m0/s1. The minimum atomic E-state index is -1.11. The molecule has 0 fully saturated rings. The quantitative estimate of drug-likeness (QED) is 0.0419. The number of hydrogen-bond donors (Lipinski definition) is 9. The van der Waals surface area contributed by atoms with Gasteiger partial charge in [0.1, 0.15) is 6.23 Å². The highest BCUT2D eigenvalue weighted by Crippen LogP contribution is 2.30. The first-order chi connectivity index (χ1) is 16.4. The highest BCUT2D eigenvalue weighted by Gasteiger charge is 2.30. The Labute approximate surface area is 220 Å². The van der Waals surface area contributed by atoms with Crippen LogP contribution in [0.25, 0.3) is 0 Å². The zero-order chi connectivity index (χ0) is 27.1. The van der Waals surface area contributed by atoms with E-state index in [1.54, 1.807) is 11.8 Å². The number of carbonyl (C=O) groups is 2. The van der Waals surface area contributed by atoms with Crippen molar-refractivity contribution in [2.24, 2.45) is 5.92 Å². The van der Waals surface area contributed by atoms with Gasteiger partial charge in [-0.3, -0.25) is 14.5 Å². The first-order valence-electron chi connectivity index (χ1n) is 11.6. The molecule has 0 bridgehead atoms. The Kier molecular flexibility index (Phi) is 18.1. The summed E-state index contributed by atoms with van der Waals surface area (Å²) in [7, 11) is 0. The van der Waals surface area contributed by atoms with Crippen LogP contribution < -0.4 is 10.6 Å². The van der Waals surface area contributed by atoms with Crippen LogP contribution >= 0.6 is 22.6 Å². The third kappa shape index (κ3) is 12.9. The molecule has 1 amide bonds. The van der Waals surface area contributed by atoms with Crippen LogP contribution in [0.2, 0.25) is 0 Å². The molecular formula is C22H42IN3O9. The number of rotatable bonds is 19. The molecule has 0 spiro atoms. The van der Waals surface area contributed by atoms with Gasteiger partial charge in [0.05, 0.1) is 44.7 Å². The van der Waals surface area contributed by atoms with E-state index in [1.807, 2.05) is 29.5 Å². The molecule has 0 aliphatic heterocycles. The van der Waals surface area contributed by atoms with Crippen molar-refractivity contribution >= 4 is 34.3 Å². The predicted octanol–water partition coefficient (Wildman–Crippen LogP) is -2.54. The fraction of sp³-hybridized carbons (Fsp3) is 0.818. The van der Waals surface area contributed by atoms with Gasteiger partial charge < -0.3 is 46.4 Å². The van der Waals surface area contributed by atoms with E-state index < -0.39 is 62.2 Å². The van der Waals surface area contributed by atoms with Crippen LogP contribution in [0.4, 0.5) is 0 Å². The fourth-order valence-electron chi connectivity index (χ4n) is 3.33. The highest BCUT2D eigenvalue weighted by molar-refractivity contribution is 14.1. The SMILES string of the molecule is CCC(/C(I)=C(\C[C@H](C)C(=O)NC[C@@H](O)CO)C(=O)CNC[C@H](O)CO)N(CC(O)CO)C(C)O. The summed E-state index contributed by atoms with van der Waals surface area (Å²) in [5, 5.41) is 71.7. The highest BCUT2D eigenvalue weighted by atomic mass is 127. The van der Waals surface area contributed by atoms with Crippen molar-refractivity contribution < 1.29 is 45.3 Å². The van der Waals surface area contributed by atoms with Gasteiger partial charge in [-0.05, 0) is 42.4 Å². The van der Waals surface area contributed by atoms with E-state index in [9.17, 15) is 35.1 Å². The van der Waals surface area contributed by atoms with E-state index >= 15 is 0 Å². The van der Waals surface area contributed by atoms with Crippen molar-refractivity contribution in [1.82, 2.24) is 15.5 Å². The van der Waals surface area contributed by atoms with E-state index in [-0.39, 0.29) is 38.4 Å². The molecule has 35 heavy (non-hydrogen) atoms. The van der Waals surface area contributed by atoms with Crippen molar-refractivity contribution in [3.8, 4) is 0 Å². The minimum absolute atomic E-state index is 0.0130. The molecule has 3 unspecified atom stereocenters. The molecule has 0 rings (SSSR count). The third-order valence-corrected chi connectivity index (χ3v) is 6.74. The molecule has 0 aliphatic carbocycles. The van der Waals surface area contributed by atoms with Gasteiger partial charge in [-0.15, -0.1) is 0 Å². The van der Waals surface area contributed by atoms with Gasteiger partial charge in [-0.1, -0.05) is 13.8 Å². The summed E-state index contributed by atoms with van der Waals surface area (Å²) in [5.41, 5.74) is 0.318. The lowest BCUT2D eigenvalue weighted by Gasteiger charge is -2.35. The largest absolute Gasteiger partial charge is 0.394 e. The Morgan fingerprint density at radius 1 is 0.914 bits per heavy atom. The molecule has 12 nitrogen and oxygen atoms in total. The van der Waals surface area contributed by atoms with Crippen LogP contribution in [-0.4, -0.2) is 129 Å². The zero-order valence-corrected chi connectivity index (χ0v) is 22.8. The molecule has 0 aromatic heterocycles. The second-order valence-corrected chi connectivity index (χ2v) is 9.65. The van der Waals surface area contributed by atoms with Crippen LogP contribution in [0, 0.1) is 5.92 Å². The summed E-state index contributed by atoms with van der Waals surface area (Å²) in [6.07, 6.45) is -3.75. The molecule has 6 atom stereocenters. The zero-order valence-electron chi connectivity index (χ0n) is 20.6. The van der Waals surface area contributed by atoms with Gasteiger partial charge in [0.2, 0.25) is 5.91 Å². The number of carbonyl (C=O) groups excluding carboxylic acids is 2. The summed E-state index contributed by atoms with van der Waals surface area (Å²) in [6.45, 7) is 3.13. The van der Waals surface area contributed by atoms with Gasteiger partial charge in [-0.2, -0.15) is 0 Å². The molecule has 0 aliphatic rings. The van der Waals surface area contributed by atoms with E-state index in [1.165, 1.54) is 6.92 Å². The normalized spacial score (nSPS) is 17.8. The van der Waals surface area contributed by atoms with Gasteiger partial charge in [0.15, 0.2) is 5.78 Å². The number of amides is 1. The Morgan fingerprint density at radius 3 is 1.94 bits per heavy atom. The number of aliphatic hydroxyl groups excluding tert-OH is 7. The molecule has 0 saturated carbocycles. The number of nitrogens with zero attached hydrogens (tertiary/aromatic N) is 1. The molecule has 13 heteroatoms. The summed E-state index contributed by atoms with van der Waals surface area (Å²) in [4.78, 5) is 27.3. The number of Topliss-reactive ketones (excluding diaryl/α,β-unsaturated/α-hetero) is 1. The fourth-order valence-corrected chi connectivity index (χ4v) is 4.65. The van der Waals surface area contributed by atoms with Crippen molar-refractivity contribution in [2.45, 2.75) is 64.2 Å².